The number of ether oxygens (including phenoxy) is 1. The molecule has 3 aromatic carbocycles. The van der Waals surface area contributed by atoms with Gasteiger partial charge in [0.25, 0.3) is 0 Å². The van der Waals surface area contributed by atoms with E-state index in [4.69, 9.17) is 4.74 Å². The second-order valence-electron chi connectivity index (χ2n) is 5.68. The topological polar surface area (TPSA) is 43.4 Å². The van der Waals surface area contributed by atoms with Crippen LogP contribution in [0.25, 0.3) is 11.1 Å². The maximum Gasteiger partial charge on any atom is 0.176 e. The van der Waals surface area contributed by atoms with Crippen LogP contribution in [0.2, 0.25) is 0 Å². The summed E-state index contributed by atoms with van der Waals surface area (Å²) in [7, 11) is -3.35. The highest BCUT2D eigenvalue weighted by Crippen LogP contribution is 2.36. The third-order valence-corrected chi connectivity index (χ3v) is 5.40. The van der Waals surface area contributed by atoms with Crippen LogP contribution >= 0.6 is 15.9 Å². The molecule has 0 heterocycles. The molecule has 0 spiro atoms. The van der Waals surface area contributed by atoms with Crippen molar-refractivity contribution in [1.29, 1.82) is 0 Å². The van der Waals surface area contributed by atoms with Crippen molar-refractivity contribution in [2.24, 2.45) is 0 Å². The monoisotopic (exact) mass is 416 g/mol. The Morgan fingerprint density at radius 3 is 2.28 bits per heavy atom. The zero-order valence-electron chi connectivity index (χ0n) is 13.6. The van der Waals surface area contributed by atoms with Crippen molar-refractivity contribution >= 4 is 25.8 Å². The molecule has 0 aliphatic carbocycles. The molecule has 3 rings (SSSR count). The minimum absolute atomic E-state index is 0.290. The smallest absolute Gasteiger partial charge is 0.176 e. The van der Waals surface area contributed by atoms with Crippen LogP contribution in [0.15, 0.2) is 82.2 Å². The second kappa shape index (κ2) is 7.42. The van der Waals surface area contributed by atoms with E-state index in [2.05, 4.69) is 15.9 Å². The quantitative estimate of drug-likeness (QED) is 0.580. The van der Waals surface area contributed by atoms with Gasteiger partial charge >= 0.3 is 0 Å². The lowest BCUT2D eigenvalue weighted by Crippen LogP contribution is -2.02. The molecule has 0 unspecified atom stereocenters. The highest BCUT2D eigenvalue weighted by Gasteiger charge is 2.17. The van der Waals surface area contributed by atoms with Gasteiger partial charge < -0.3 is 4.74 Å². The Kier molecular flexibility index (Phi) is 5.25. The average Bonchev–Trinajstić information content (AvgIpc) is 2.61. The predicted molar refractivity (Wildman–Crippen MR) is 103 cm³/mol. The molecule has 0 bridgehead atoms. The van der Waals surface area contributed by atoms with Gasteiger partial charge in [0.1, 0.15) is 12.4 Å². The largest absolute Gasteiger partial charge is 0.488 e. The van der Waals surface area contributed by atoms with Crippen molar-refractivity contribution in [3.8, 4) is 16.9 Å². The Balaban J connectivity index is 2.04. The Morgan fingerprint density at radius 2 is 1.56 bits per heavy atom. The van der Waals surface area contributed by atoms with Gasteiger partial charge in [-0.05, 0) is 29.8 Å². The third kappa shape index (κ3) is 4.30. The Hall–Kier alpha value is -2.11. The van der Waals surface area contributed by atoms with E-state index in [0.29, 0.717) is 17.9 Å². The Bertz CT molecular complexity index is 983. The van der Waals surface area contributed by atoms with Crippen molar-refractivity contribution in [2.45, 2.75) is 11.5 Å². The lowest BCUT2D eigenvalue weighted by atomic mass is 10.0. The first kappa shape index (κ1) is 17.7. The lowest BCUT2D eigenvalue weighted by Gasteiger charge is -2.15. The average molecular weight is 417 g/mol. The molecule has 0 radical (unpaired) electrons. The number of benzene rings is 3. The fourth-order valence-electron chi connectivity index (χ4n) is 2.59. The fraction of sp³-hybridized carbons (Fsp3) is 0.100. The van der Waals surface area contributed by atoms with E-state index in [0.717, 1.165) is 15.6 Å². The van der Waals surface area contributed by atoms with Gasteiger partial charge in [-0.1, -0.05) is 64.5 Å². The molecule has 0 saturated carbocycles. The van der Waals surface area contributed by atoms with Gasteiger partial charge in [-0.25, -0.2) is 8.42 Å². The van der Waals surface area contributed by atoms with Crippen LogP contribution in [-0.2, 0) is 16.4 Å². The van der Waals surface area contributed by atoms with Crippen LogP contribution in [0.3, 0.4) is 0 Å². The normalized spacial score (nSPS) is 11.3. The molecule has 0 amide bonds. The summed E-state index contributed by atoms with van der Waals surface area (Å²) in [5.41, 5.74) is 2.42. The Morgan fingerprint density at radius 1 is 0.880 bits per heavy atom. The minimum atomic E-state index is -3.35. The van der Waals surface area contributed by atoms with Crippen molar-refractivity contribution < 1.29 is 13.2 Å². The molecule has 0 aliphatic heterocycles. The summed E-state index contributed by atoms with van der Waals surface area (Å²) < 4.78 is 31.1. The van der Waals surface area contributed by atoms with Crippen LogP contribution < -0.4 is 4.74 Å². The fourth-order valence-corrected chi connectivity index (χ4v) is 3.85. The minimum Gasteiger partial charge on any atom is -0.488 e. The molecule has 0 fully saturated rings. The van der Waals surface area contributed by atoms with Crippen LogP contribution in [-0.4, -0.2) is 14.7 Å². The second-order valence-corrected chi connectivity index (χ2v) is 8.58. The van der Waals surface area contributed by atoms with Crippen LogP contribution in [0.5, 0.6) is 5.75 Å². The maximum absolute atomic E-state index is 12.2. The molecule has 128 valence electrons. The summed E-state index contributed by atoms with van der Waals surface area (Å²) in [4.78, 5) is 0.290. The SMILES string of the molecule is CS(=O)(=O)c1ccccc1-c1cc(Br)ccc1OCc1ccccc1. The first-order valence-corrected chi connectivity index (χ1v) is 10.4. The van der Waals surface area contributed by atoms with Crippen molar-refractivity contribution in [3.63, 3.8) is 0 Å². The summed E-state index contributed by atoms with van der Waals surface area (Å²) >= 11 is 3.46. The molecular weight excluding hydrogens is 400 g/mol. The summed E-state index contributed by atoms with van der Waals surface area (Å²) in [5.74, 6) is 0.642. The summed E-state index contributed by atoms with van der Waals surface area (Å²) in [6.45, 7) is 0.413. The zero-order chi connectivity index (χ0) is 17.9. The summed E-state index contributed by atoms with van der Waals surface area (Å²) in [6.07, 6.45) is 1.22. The van der Waals surface area contributed by atoms with Crippen molar-refractivity contribution in [1.82, 2.24) is 0 Å². The molecule has 0 aliphatic rings. The zero-order valence-corrected chi connectivity index (χ0v) is 16.0. The molecule has 3 nitrogen and oxygen atoms in total. The first-order valence-electron chi connectivity index (χ1n) is 7.71. The van der Waals surface area contributed by atoms with Gasteiger partial charge in [-0.2, -0.15) is 0 Å². The van der Waals surface area contributed by atoms with Gasteiger partial charge in [0.05, 0.1) is 4.90 Å². The maximum atomic E-state index is 12.2. The van der Waals surface area contributed by atoms with Crippen LogP contribution in [0, 0.1) is 0 Å². The van der Waals surface area contributed by atoms with E-state index in [1.165, 1.54) is 6.26 Å². The highest BCUT2D eigenvalue weighted by atomic mass is 79.9. The van der Waals surface area contributed by atoms with Crippen molar-refractivity contribution in [2.75, 3.05) is 6.26 Å². The van der Waals surface area contributed by atoms with Crippen LogP contribution in [0.1, 0.15) is 5.56 Å². The molecular formula is C20H17BrO3S. The molecule has 0 atom stereocenters. The van der Waals surface area contributed by atoms with Gasteiger partial charge in [-0.15, -0.1) is 0 Å². The summed E-state index contributed by atoms with van der Waals surface area (Å²) in [5, 5.41) is 0. The number of sulfone groups is 1. The molecule has 25 heavy (non-hydrogen) atoms. The standard InChI is InChI=1S/C20H17BrO3S/c1-25(22,23)20-10-6-5-9-17(20)18-13-16(21)11-12-19(18)24-14-15-7-3-2-4-8-15/h2-13H,14H2,1H3. The molecule has 0 aromatic heterocycles. The Labute approximate surface area is 156 Å². The van der Waals surface area contributed by atoms with E-state index in [1.807, 2.05) is 54.6 Å². The number of rotatable bonds is 5. The van der Waals surface area contributed by atoms with E-state index < -0.39 is 9.84 Å². The van der Waals surface area contributed by atoms with E-state index in [1.54, 1.807) is 18.2 Å². The van der Waals surface area contributed by atoms with E-state index in [-0.39, 0.29) is 4.90 Å². The lowest BCUT2D eigenvalue weighted by molar-refractivity contribution is 0.307. The highest BCUT2D eigenvalue weighted by molar-refractivity contribution is 9.10. The predicted octanol–water partition coefficient (Wildman–Crippen LogP) is 5.10. The molecule has 3 aromatic rings. The number of hydrogen-bond acceptors (Lipinski definition) is 3. The third-order valence-electron chi connectivity index (χ3n) is 3.76. The number of halogens is 1. The van der Waals surface area contributed by atoms with Gasteiger partial charge in [0.2, 0.25) is 0 Å². The van der Waals surface area contributed by atoms with Crippen LogP contribution in [0.4, 0.5) is 0 Å². The number of hydrogen-bond donors (Lipinski definition) is 0. The molecule has 0 N–H and O–H groups in total. The van der Waals surface area contributed by atoms with Crippen molar-refractivity contribution in [3.05, 3.63) is 82.8 Å². The molecule has 0 saturated heterocycles. The first-order chi connectivity index (χ1) is 11.9. The van der Waals surface area contributed by atoms with E-state index >= 15 is 0 Å². The van der Waals surface area contributed by atoms with Gasteiger partial charge in [0.15, 0.2) is 9.84 Å². The van der Waals surface area contributed by atoms with Gasteiger partial charge in [0, 0.05) is 21.9 Å². The van der Waals surface area contributed by atoms with Gasteiger partial charge in [-0.3, -0.25) is 0 Å². The molecule has 5 heteroatoms. The summed E-state index contributed by atoms with van der Waals surface area (Å²) in [6, 6.07) is 22.4. The van der Waals surface area contributed by atoms with E-state index in [9.17, 15) is 8.42 Å².